The molecule has 0 saturated heterocycles. The SMILES string of the molecule is Cc1sc(NC(=O)Cc2cccc3cccnc23)nc1-c1ccc(Cl)cc1. The molecule has 134 valence electrons. The highest BCUT2D eigenvalue weighted by atomic mass is 35.5. The second-order valence-corrected chi connectivity index (χ2v) is 7.79. The number of hydrogen-bond donors (Lipinski definition) is 1. The maximum absolute atomic E-state index is 12.5. The number of anilines is 1. The molecule has 1 amide bonds. The molecule has 0 unspecified atom stereocenters. The summed E-state index contributed by atoms with van der Waals surface area (Å²) < 4.78 is 0. The Balaban J connectivity index is 1.53. The Bertz CT molecular complexity index is 1120. The molecule has 0 saturated carbocycles. The van der Waals surface area contributed by atoms with Crippen LogP contribution in [-0.4, -0.2) is 15.9 Å². The van der Waals surface area contributed by atoms with E-state index in [9.17, 15) is 4.79 Å². The van der Waals surface area contributed by atoms with Crippen LogP contribution in [0.4, 0.5) is 5.13 Å². The maximum Gasteiger partial charge on any atom is 0.230 e. The van der Waals surface area contributed by atoms with E-state index in [1.54, 1.807) is 6.20 Å². The van der Waals surface area contributed by atoms with Crippen molar-refractivity contribution in [3.63, 3.8) is 0 Å². The molecule has 0 bridgehead atoms. The van der Waals surface area contributed by atoms with Crippen molar-refractivity contribution in [1.82, 2.24) is 9.97 Å². The molecule has 1 N–H and O–H groups in total. The van der Waals surface area contributed by atoms with Crippen LogP contribution < -0.4 is 5.32 Å². The van der Waals surface area contributed by atoms with Crippen LogP contribution in [0.1, 0.15) is 10.4 Å². The number of carbonyl (C=O) groups is 1. The molecule has 27 heavy (non-hydrogen) atoms. The average molecular weight is 394 g/mol. The summed E-state index contributed by atoms with van der Waals surface area (Å²) in [5.41, 5.74) is 3.59. The number of aryl methyl sites for hydroxylation is 1. The number of nitrogens with zero attached hydrogens (tertiary/aromatic N) is 2. The Hall–Kier alpha value is -2.76. The monoisotopic (exact) mass is 393 g/mol. The lowest BCUT2D eigenvalue weighted by atomic mass is 10.1. The van der Waals surface area contributed by atoms with Crippen molar-refractivity contribution in [2.45, 2.75) is 13.3 Å². The van der Waals surface area contributed by atoms with Crippen LogP contribution in [-0.2, 0) is 11.2 Å². The van der Waals surface area contributed by atoms with Gasteiger partial charge in [-0.1, -0.05) is 48.0 Å². The summed E-state index contributed by atoms with van der Waals surface area (Å²) in [6.07, 6.45) is 2.00. The number of halogens is 1. The van der Waals surface area contributed by atoms with Crippen LogP contribution in [0.25, 0.3) is 22.2 Å². The van der Waals surface area contributed by atoms with Gasteiger partial charge in [-0.2, -0.15) is 0 Å². The number of pyridine rings is 1. The van der Waals surface area contributed by atoms with Gasteiger partial charge >= 0.3 is 0 Å². The summed E-state index contributed by atoms with van der Waals surface area (Å²) in [5, 5.41) is 5.22. The fraction of sp³-hybridized carbons (Fsp3) is 0.0952. The fourth-order valence-corrected chi connectivity index (χ4v) is 3.95. The van der Waals surface area contributed by atoms with Gasteiger partial charge in [0.2, 0.25) is 5.91 Å². The summed E-state index contributed by atoms with van der Waals surface area (Å²) in [6, 6.07) is 17.3. The van der Waals surface area contributed by atoms with E-state index in [0.29, 0.717) is 10.2 Å². The minimum absolute atomic E-state index is 0.107. The number of fused-ring (bicyclic) bond motifs is 1. The highest BCUT2D eigenvalue weighted by Crippen LogP contribution is 2.31. The van der Waals surface area contributed by atoms with Crippen LogP contribution in [0, 0.1) is 6.92 Å². The van der Waals surface area contributed by atoms with E-state index in [4.69, 9.17) is 11.6 Å². The lowest BCUT2D eigenvalue weighted by molar-refractivity contribution is -0.115. The van der Waals surface area contributed by atoms with Crippen LogP contribution in [0.3, 0.4) is 0 Å². The van der Waals surface area contributed by atoms with Gasteiger partial charge in [0.05, 0.1) is 17.6 Å². The van der Waals surface area contributed by atoms with Gasteiger partial charge in [-0.15, -0.1) is 11.3 Å². The molecule has 0 fully saturated rings. The number of carbonyl (C=O) groups excluding carboxylic acids is 1. The van der Waals surface area contributed by atoms with Gasteiger partial charge < -0.3 is 5.32 Å². The minimum atomic E-state index is -0.107. The van der Waals surface area contributed by atoms with Gasteiger partial charge in [0.25, 0.3) is 0 Å². The van der Waals surface area contributed by atoms with Gasteiger partial charge in [-0.25, -0.2) is 4.98 Å². The number of amides is 1. The number of rotatable bonds is 4. The summed E-state index contributed by atoms with van der Waals surface area (Å²) in [6.45, 7) is 1.99. The highest BCUT2D eigenvalue weighted by Gasteiger charge is 2.13. The van der Waals surface area contributed by atoms with Crippen molar-refractivity contribution in [3.05, 3.63) is 76.3 Å². The average Bonchev–Trinajstić information content (AvgIpc) is 3.02. The molecule has 4 aromatic rings. The maximum atomic E-state index is 12.5. The van der Waals surface area contributed by atoms with Crippen molar-refractivity contribution in [2.24, 2.45) is 0 Å². The number of thiazole rings is 1. The lowest BCUT2D eigenvalue weighted by Crippen LogP contribution is -2.14. The smallest absolute Gasteiger partial charge is 0.230 e. The van der Waals surface area contributed by atoms with Crippen molar-refractivity contribution in [1.29, 1.82) is 0 Å². The van der Waals surface area contributed by atoms with E-state index in [2.05, 4.69) is 15.3 Å². The summed E-state index contributed by atoms with van der Waals surface area (Å²) in [4.78, 5) is 22.6. The molecule has 2 heterocycles. The molecule has 4 rings (SSSR count). The van der Waals surface area contributed by atoms with Gasteiger partial charge in [0, 0.05) is 27.0 Å². The Labute approximate surface area is 165 Å². The zero-order chi connectivity index (χ0) is 18.8. The number of aromatic nitrogens is 2. The predicted molar refractivity (Wildman–Crippen MR) is 111 cm³/mol. The first-order chi connectivity index (χ1) is 13.1. The van der Waals surface area contributed by atoms with Crippen LogP contribution in [0.2, 0.25) is 5.02 Å². The second kappa shape index (κ2) is 7.47. The van der Waals surface area contributed by atoms with E-state index in [-0.39, 0.29) is 12.3 Å². The molecule has 4 nitrogen and oxygen atoms in total. The van der Waals surface area contributed by atoms with Gasteiger partial charge in [0.15, 0.2) is 5.13 Å². The normalized spacial score (nSPS) is 10.9. The largest absolute Gasteiger partial charge is 0.302 e. The third kappa shape index (κ3) is 3.84. The molecule has 0 aliphatic rings. The Morgan fingerprint density at radius 2 is 1.89 bits per heavy atom. The van der Waals surface area contributed by atoms with Gasteiger partial charge in [-0.05, 0) is 30.7 Å². The second-order valence-electron chi connectivity index (χ2n) is 6.15. The molecule has 0 atom stereocenters. The van der Waals surface area contributed by atoms with Crippen LogP contribution in [0.15, 0.2) is 60.8 Å². The molecule has 6 heteroatoms. The fourth-order valence-electron chi connectivity index (χ4n) is 2.97. The van der Waals surface area contributed by atoms with E-state index < -0.39 is 0 Å². The first-order valence-corrected chi connectivity index (χ1v) is 9.65. The van der Waals surface area contributed by atoms with Crippen molar-refractivity contribution < 1.29 is 4.79 Å². The number of para-hydroxylation sites is 1. The highest BCUT2D eigenvalue weighted by molar-refractivity contribution is 7.16. The summed E-state index contributed by atoms with van der Waals surface area (Å²) >= 11 is 7.42. The van der Waals surface area contributed by atoms with Crippen molar-refractivity contribution in [2.75, 3.05) is 5.32 Å². The zero-order valence-electron chi connectivity index (χ0n) is 14.6. The van der Waals surface area contributed by atoms with Crippen LogP contribution >= 0.6 is 22.9 Å². The molecule has 0 aliphatic carbocycles. The van der Waals surface area contributed by atoms with Crippen molar-refractivity contribution in [3.8, 4) is 11.3 Å². The minimum Gasteiger partial charge on any atom is -0.302 e. The van der Waals surface area contributed by atoms with E-state index in [1.807, 2.05) is 61.5 Å². The Morgan fingerprint density at radius 1 is 1.11 bits per heavy atom. The molecular formula is C21H16ClN3OS. The topological polar surface area (TPSA) is 54.9 Å². The van der Waals surface area contributed by atoms with Crippen molar-refractivity contribution >= 4 is 44.9 Å². The molecule has 0 aliphatic heterocycles. The van der Waals surface area contributed by atoms with E-state index in [0.717, 1.165) is 32.6 Å². The first kappa shape index (κ1) is 17.6. The molecule has 0 radical (unpaired) electrons. The number of nitrogens with one attached hydrogen (secondary N) is 1. The van der Waals surface area contributed by atoms with Gasteiger partial charge in [-0.3, -0.25) is 9.78 Å². The standard InChI is InChI=1S/C21H16ClN3OS/c1-13-19(15-7-9-17(22)10-8-15)25-21(27-13)24-18(26)12-16-5-2-4-14-6-3-11-23-20(14)16/h2-11H,12H2,1H3,(H,24,25,26). The lowest BCUT2D eigenvalue weighted by Gasteiger charge is -2.05. The first-order valence-electron chi connectivity index (χ1n) is 8.46. The Morgan fingerprint density at radius 3 is 2.70 bits per heavy atom. The third-order valence-corrected chi connectivity index (χ3v) is 5.37. The van der Waals surface area contributed by atoms with E-state index in [1.165, 1.54) is 11.3 Å². The predicted octanol–water partition coefficient (Wildman–Crippen LogP) is 5.50. The van der Waals surface area contributed by atoms with E-state index >= 15 is 0 Å². The Kier molecular flexibility index (Phi) is 4.88. The molecule has 0 spiro atoms. The number of hydrogen-bond acceptors (Lipinski definition) is 4. The zero-order valence-corrected chi connectivity index (χ0v) is 16.1. The summed E-state index contributed by atoms with van der Waals surface area (Å²) in [7, 11) is 0. The molecule has 2 aromatic heterocycles. The van der Waals surface area contributed by atoms with Gasteiger partial charge in [0.1, 0.15) is 0 Å². The number of benzene rings is 2. The van der Waals surface area contributed by atoms with Crippen LogP contribution in [0.5, 0.6) is 0 Å². The molecule has 2 aromatic carbocycles. The molecular weight excluding hydrogens is 378 g/mol. The third-order valence-electron chi connectivity index (χ3n) is 4.23. The quantitative estimate of drug-likeness (QED) is 0.498. The summed E-state index contributed by atoms with van der Waals surface area (Å²) in [5.74, 6) is -0.107.